The predicted molar refractivity (Wildman–Crippen MR) is 82.1 cm³/mol. The predicted octanol–water partition coefficient (Wildman–Crippen LogP) is 2.71. The lowest BCUT2D eigenvalue weighted by atomic mass is 10.0. The number of hydrogen-bond acceptors (Lipinski definition) is 3. The topological polar surface area (TPSA) is 83.5 Å². The highest BCUT2D eigenvalue weighted by atomic mass is 32.2. The third-order valence-corrected chi connectivity index (χ3v) is 5.22. The summed E-state index contributed by atoms with van der Waals surface area (Å²) in [5, 5.41) is 9.15. The molecule has 118 valence electrons. The second kappa shape index (κ2) is 6.58. The minimum absolute atomic E-state index is 0.0126. The standard InChI is InChI=1S/C15H23NO4S/c1-6-13(9(2)3)16-21(19,20)14-8-12(15(17)18)10(4)7-11(14)5/h7-9,13,16H,6H2,1-5H3,(H,17,18). The number of carbonyl (C=O) groups is 1. The summed E-state index contributed by atoms with van der Waals surface area (Å²) in [6, 6.07) is 2.65. The van der Waals surface area contributed by atoms with E-state index in [1.807, 2.05) is 20.8 Å². The van der Waals surface area contributed by atoms with Crippen LogP contribution < -0.4 is 4.72 Å². The van der Waals surface area contributed by atoms with Gasteiger partial charge in [0.1, 0.15) is 0 Å². The van der Waals surface area contributed by atoms with Crippen LogP contribution in [-0.2, 0) is 10.0 Å². The van der Waals surface area contributed by atoms with E-state index >= 15 is 0 Å². The van der Waals surface area contributed by atoms with Crippen molar-refractivity contribution in [2.75, 3.05) is 0 Å². The normalized spacial score (nSPS) is 13.4. The molecular weight excluding hydrogens is 290 g/mol. The van der Waals surface area contributed by atoms with Gasteiger partial charge in [0.25, 0.3) is 0 Å². The van der Waals surface area contributed by atoms with Crippen LogP contribution in [0.3, 0.4) is 0 Å². The van der Waals surface area contributed by atoms with Crippen molar-refractivity contribution in [2.24, 2.45) is 5.92 Å². The molecule has 2 N–H and O–H groups in total. The zero-order chi connectivity index (χ0) is 16.4. The summed E-state index contributed by atoms with van der Waals surface area (Å²) in [5.41, 5.74) is 1.11. The molecule has 0 aliphatic carbocycles. The monoisotopic (exact) mass is 313 g/mol. The first kappa shape index (κ1) is 17.7. The van der Waals surface area contributed by atoms with Crippen molar-refractivity contribution in [1.29, 1.82) is 0 Å². The molecule has 0 aromatic heterocycles. The van der Waals surface area contributed by atoms with Gasteiger partial charge < -0.3 is 5.11 Å². The molecular formula is C15H23NO4S. The Morgan fingerprint density at radius 1 is 1.24 bits per heavy atom. The Hall–Kier alpha value is -1.40. The summed E-state index contributed by atoms with van der Waals surface area (Å²) >= 11 is 0. The van der Waals surface area contributed by atoms with Gasteiger partial charge in [-0.3, -0.25) is 0 Å². The molecule has 0 saturated heterocycles. The van der Waals surface area contributed by atoms with Gasteiger partial charge in [0.15, 0.2) is 0 Å². The third-order valence-electron chi connectivity index (χ3n) is 3.59. The molecule has 0 spiro atoms. The molecule has 21 heavy (non-hydrogen) atoms. The smallest absolute Gasteiger partial charge is 0.335 e. The summed E-state index contributed by atoms with van der Waals surface area (Å²) in [6.07, 6.45) is 0.674. The van der Waals surface area contributed by atoms with Gasteiger partial charge in [0.2, 0.25) is 10.0 Å². The van der Waals surface area contributed by atoms with Gasteiger partial charge in [-0.1, -0.05) is 26.8 Å². The Bertz CT molecular complexity index is 635. The number of carboxylic acids is 1. The number of nitrogens with one attached hydrogen (secondary N) is 1. The van der Waals surface area contributed by atoms with Crippen molar-refractivity contribution < 1.29 is 18.3 Å². The van der Waals surface area contributed by atoms with Crippen LogP contribution in [0, 0.1) is 19.8 Å². The molecule has 1 aromatic rings. The van der Waals surface area contributed by atoms with Crippen LogP contribution in [0.25, 0.3) is 0 Å². The second-order valence-corrected chi connectivity index (χ2v) is 7.30. The quantitative estimate of drug-likeness (QED) is 0.846. The first-order chi connectivity index (χ1) is 9.60. The summed E-state index contributed by atoms with van der Waals surface area (Å²) in [4.78, 5) is 11.2. The van der Waals surface area contributed by atoms with Gasteiger partial charge in [-0.05, 0) is 43.4 Å². The van der Waals surface area contributed by atoms with E-state index in [0.717, 1.165) is 0 Å². The van der Waals surface area contributed by atoms with Gasteiger partial charge in [-0.2, -0.15) is 0 Å². The number of aryl methyl sites for hydroxylation is 2. The number of sulfonamides is 1. The average Bonchev–Trinajstić information content (AvgIpc) is 2.34. The van der Waals surface area contributed by atoms with Crippen molar-refractivity contribution in [1.82, 2.24) is 4.72 Å². The van der Waals surface area contributed by atoms with Gasteiger partial charge in [0, 0.05) is 6.04 Å². The molecule has 0 aliphatic heterocycles. The Morgan fingerprint density at radius 2 is 1.81 bits per heavy atom. The lowest BCUT2D eigenvalue weighted by molar-refractivity contribution is 0.0696. The van der Waals surface area contributed by atoms with Crippen LogP contribution in [-0.4, -0.2) is 25.5 Å². The molecule has 5 nitrogen and oxygen atoms in total. The second-order valence-electron chi connectivity index (χ2n) is 5.62. The van der Waals surface area contributed by atoms with E-state index < -0.39 is 16.0 Å². The molecule has 0 aliphatic rings. The largest absolute Gasteiger partial charge is 0.478 e. The first-order valence-electron chi connectivity index (χ1n) is 6.97. The summed E-state index contributed by atoms with van der Waals surface area (Å²) in [5.74, 6) is -0.964. The minimum atomic E-state index is -3.73. The fourth-order valence-electron chi connectivity index (χ4n) is 2.31. The Morgan fingerprint density at radius 3 is 2.24 bits per heavy atom. The lowest BCUT2D eigenvalue weighted by Gasteiger charge is -2.21. The van der Waals surface area contributed by atoms with Gasteiger partial charge in [0.05, 0.1) is 10.5 Å². The Labute approximate surface area is 126 Å². The lowest BCUT2D eigenvalue weighted by Crippen LogP contribution is -2.38. The summed E-state index contributed by atoms with van der Waals surface area (Å²) in [7, 11) is -3.73. The van der Waals surface area contributed by atoms with E-state index in [1.54, 1.807) is 19.9 Å². The van der Waals surface area contributed by atoms with E-state index in [1.165, 1.54) is 6.07 Å². The number of benzene rings is 1. The zero-order valence-corrected chi connectivity index (χ0v) is 13.9. The average molecular weight is 313 g/mol. The molecule has 0 heterocycles. The molecule has 0 amide bonds. The fourth-order valence-corrected chi connectivity index (χ4v) is 4.03. The van der Waals surface area contributed by atoms with Crippen molar-refractivity contribution in [3.05, 3.63) is 28.8 Å². The number of carboxylic acid groups (broad SMARTS) is 1. The van der Waals surface area contributed by atoms with E-state index in [9.17, 15) is 13.2 Å². The molecule has 0 bridgehead atoms. The molecule has 1 rings (SSSR count). The van der Waals surface area contributed by atoms with Crippen LogP contribution in [0.4, 0.5) is 0 Å². The number of rotatable bonds is 6. The fraction of sp³-hybridized carbons (Fsp3) is 0.533. The summed E-state index contributed by atoms with van der Waals surface area (Å²) < 4.78 is 27.7. The maximum Gasteiger partial charge on any atom is 0.335 e. The van der Waals surface area contributed by atoms with Crippen LogP contribution in [0.1, 0.15) is 48.7 Å². The third kappa shape index (κ3) is 4.04. The first-order valence-corrected chi connectivity index (χ1v) is 8.45. The van der Waals surface area contributed by atoms with E-state index in [4.69, 9.17) is 5.11 Å². The molecule has 0 radical (unpaired) electrons. The maximum atomic E-state index is 12.5. The zero-order valence-electron chi connectivity index (χ0n) is 13.1. The number of aromatic carboxylic acids is 1. The Balaban J connectivity index is 3.31. The summed E-state index contributed by atoms with van der Waals surface area (Å²) in [6.45, 7) is 9.13. The van der Waals surface area contributed by atoms with Crippen LogP contribution >= 0.6 is 0 Å². The highest BCUT2D eigenvalue weighted by Crippen LogP contribution is 2.22. The van der Waals surface area contributed by atoms with Gasteiger partial charge >= 0.3 is 5.97 Å². The molecule has 0 fully saturated rings. The minimum Gasteiger partial charge on any atom is -0.478 e. The van der Waals surface area contributed by atoms with E-state index in [0.29, 0.717) is 17.5 Å². The Kier molecular flexibility index (Phi) is 5.53. The van der Waals surface area contributed by atoms with Crippen molar-refractivity contribution >= 4 is 16.0 Å². The molecule has 6 heteroatoms. The van der Waals surface area contributed by atoms with Crippen molar-refractivity contribution in [3.8, 4) is 0 Å². The van der Waals surface area contributed by atoms with Crippen molar-refractivity contribution in [2.45, 2.75) is 52.0 Å². The highest BCUT2D eigenvalue weighted by Gasteiger charge is 2.24. The molecule has 0 saturated carbocycles. The molecule has 1 aromatic carbocycles. The van der Waals surface area contributed by atoms with Crippen LogP contribution in [0.2, 0.25) is 0 Å². The van der Waals surface area contributed by atoms with Crippen LogP contribution in [0.5, 0.6) is 0 Å². The van der Waals surface area contributed by atoms with E-state index in [2.05, 4.69) is 4.72 Å². The molecule has 1 atom stereocenters. The van der Waals surface area contributed by atoms with Gasteiger partial charge in [-0.15, -0.1) is 0 Å². The van der Waals surface area contributed by atoms with Crippen molar-refractivity contribution in [3.63, 3.8) is 0 Å². The number of hydrogen-bond donors (Lipinski definition) is 2. The van der Waals surface area contributed by atoms with E-state index in [-0.39, 0.29) is 22.4 Å². The van der Waals surface area contributed by atoms with Gasteiger partial charge in [-0.25, -0.2) is 17.9 Å². The molecule has 1 unspecified atom stereocenters. The highest BCUT2D eigenvalue weighted by molar-refractivity contribution is 7.89. The van der Waals surface area contributed by atoms with Crippen LogP contribution in [0.15, 0.2) is 17.0 Å². The SMILES string of the molecule is CCC(NS(=O)(=O)c1cc(C(=O)O)c(C)cc1C)C(C)C. The maximum absolute atomic E-state index is 12.5.